The lowest BCUT2D eigenvalue weighted by Gasteiger charge is -2.67. The van der Waals surface area contributed by atoms with Crippen LogP contribution in [0.4, 0.5) is 0 Å². The van der Waals surface area contributed by atoms with E-state index in [9.17, 15) is 4.79 Å². The van der Waals surface area contributed by atoms with E-state index in [1.807, 2.05) is 0 Å². The molecule has 0 bridgehead atoms. The highest BCUT2D eigenvalue weighted by molar-refractivity contribution is 6.55. The van der Waals surface area contributed by atoms with Crippen LogP contribution in [0.2, 0.25) is 0 Å². The van der Waals surface area contributed by atoms with E-state index in [1.165, 1.54) is 35.1 Å². The summed E-state index contributed by atoms with van der Waals surface area (Å²) in [5, 5.41) is 0. The van der Waals surface area contributed by atoms with E-state index < -0.39 is 15.2 Å². The van der Waals surface area contributed by atoms with Crippen molar-refractivity contribution in [2.24, 2.45) is 10.8 Å². The van der Waals surface area contributed by atoms with Gasteiger partial charge in [0.2, 0.25) is 0 Å². The molecule has 3 aliphatic carbocycles. The van der Waals surface area contributed by atoms with Gasteiger partial charge < -0.3 is 0 Å². The van der Waals surface area contributed by atoms with Gasteiger partial charge in [0.25, 0.3) is 0 Å². The normalized spacial score (nSPS) is 32.1. The van der Waals surface area contributed by atoms with Gasteiger partial charge in [0.15, 0.2) is 5.78 Å². The third-order valence-corrected chi connectivity index (χ3v) is 11.2. The average molecular weight is 512 g/mol. The highest BCUT2D eigenvalue weighted by Crippen LogP contribution is 2.75. The maximum absolute atomic E-state index is 13.9. The predicted molar refractivity (Wildman–Crippen MR) is 148 cm³/mol. The number of rotatable bonds is 6. The summed E-state index contributed by atoms with van der Waals surface area (Å²) in [4.78, 5) is 13.9. The molecule has 1 nitrogen and oxygen atoms in total. The molecule has 0 amide bonds. The first kappa shape index (κ1) is 25.3. The standard InChI is InChI=1S/C32H40Cl2O/c1-3-5-23-7-11-25(12-8-23)27-15-19-30(20-16-27)29(35)31(32(30,33)34)21-17-28(18-22-31)26-13-9-24(6-4-2)10-14-26/h7-14,27-28H,3-6,15-22H2,1-2H3. The molecule has 0 saturated heterocycles. The van der Waals surface area contributed by atoms with E-state index in [4.69, 9.17) is 23.2 Å². The van der Waals surface area contributed by atoms with Gasteiger partial charge in [-0.1, -0.05) is 98.4 Å². The lowest BCUT2D eigenvalue weighted by atomic mass is 9.42. The molecule has 2 aromatic carbocycles. The molecule has 2 spiro atoms. The molecule has 0 aliphatic heterocycles. The van der Waals surface area contributed by atoms with Crippen LogP contribution in [0.5, 0.6) is 0 Å². The highest BCUT2D eigenvalue weighted by atomic mass is 35.5. The SMILES string of the molecule is CCCc1ccc(C2CCC3(CC2)C(=O)C2(CCC(c4ccc(CCC)cc4)CC2)C3(Cl)Cl)cc1. The molecule has 3 heteroatoms. The zero-order valence-electron chi connectivity index (χ0n) is 21.4. The molecule has 0 unspecified atom stereocenters. The summed E-state index contributed by atoms with van der Waals surface area (Å²) >= 11 is 14.4. The topological polar surface area (TPSA) is 17.1 Å². The maximum Gasteiger partial charge on any atom is 0.151 e. The summed E-state index contributed by atoms with van der Waals surface area (Å²) in [6.45, 7) is 4.44. The Morgan fingerprint density at radius 2 is 1.00 bits per heavy atom. The number of benzene rings is 2. The van der Waals surface area contributed by atoms with E-state index in [0.717, 1.165) is 64.2 Å². The number of halogens is 2. The van der Waals surface area contributed by atoms with Crippen LogP contribution in [-0.2, 0) is 17.6 Å². The van der Waals surface area contributed by atoms with Crippen LogP contribution in [0, 0.1) is 10.8 Å². The van der Waals surface area contributed by atoms with Gasteiger partial charge in [0.1, 0.15) is 4.33 Å². The van der Waals surface area contributed by atoms with Gasteiger partial charge in [-0.2, -0.15) is 0 Å². The van der Waals surface area contributed by atoms with Crippen molar-refractivity contribution < 1.29 is 4.79 Å². The zero-order chi connectivity index (χ0) is 24.7. The van der Waals surface area contributed by atoms with Crippen molar-refractivity contribution in [3.05, 3.63) is 70.8 Å². The molecule has 0 radical (unpaired) electrons. The second kappa shape index (κ2) is 9.86. The Morgan fingerprint density at radius 3 is 1.29 bits per heavy atom. The summed E-state index contributed by atoms with van der Waals surface area (Å²) in [6, 6.07) is 18.3. The fourth-order valence-electron chi connectivity index (χ4n) is 7.60. The zero-order valence-corrected chi connectivity index (χ0v) is 22.9. The summed E-state index contributed by atoms with van der Waals surface area (Å²) < 4.78 is -0.928. The summed E-state index contributed by atoms with van der Waals surface area (Å²) in [5.41, 5.74) is 4.55. The smallest absolute Gasteiger partial charge is 0.151 e. The minimum absolute atomic E-state index is 0.378. The molecule has 188 valence electrons. The Balaban J connectivity index is 1.23. The van der Waals surface area contributed by atoms with Crippen LogP contribution < -0.4 is 0 Å². The summed E-state index contributed by atoms with van der Waals surface area (Å²) in [5.74, 6) is 1.40. The van der Waals surface area contributed by atoms with Crippen molar-refractivity contribution in [1.82, 2.24) is 0 Å². The van der Waals surface area contributed by atoms with Crippen LogP contribution in [0.3, 0.4) is 0 Å². The molecule has 0 atom stereocenters. The third kappa shape index (κ3) is 4.10. The largest absolute Gasteiger partial charge is 0.298 e. The van der Waals surface area contributed by atoms with Crippen molar-refractivity contribution in [3.8, 4) is 0 Å². The van der Waals surface area contributed by atoms with Crippen LogP contribution in [-0.4, -0.2) is 10.1 Å². The van der Waals surface area contributed by atoms with Gasteiger partial charge in [-0.15, -0.1) is 0 Å². The van der Waals surface area contributed by atoms with Crippen molar-refractivity contribution >= 4 is 29.0 Å². The second-order valence-corrected chi connectivity index (χ2v) is 12.9. The van der Waals surface area contributed by atoms with E-state index in [1.54, 1.807) is 0 Å². The minimum atomic E-state index is -0.928. The first-order chi connectivity index (χ1) is 16.9. The first-order valence-corrected chi connectivity index (χ1v) is 14.7. The average Bonchev–Trinajstić information content (AvgIpc) is 2.89. The fourth-order valence-corrected chi connectivity index (χ4v) is 8.70. The van der Waals surface area contributed by atoms with Gasteiger partial charge in [0.05, 0.1) is 10.8 Å². The van der Waals surface area contributed by atoms with Crippen molar-refractivity contribution in [3.63, 3.8) is 0 Å². The van der Waals surface area contributed by atoms with E-state index in [2.05, 4.69) is 62.4 Å². The molecule has 3 fully saturated rings. The lowest BCUT2D eigenvalue weighted by Crippen LogP contribution is -2.74. The number of Topliss-reactive ketones (excluding diaryl/α,β-unsaturated/α-hetero) is 1. The Morgan fingerprint density at radius 1 is 0.657 bits per heavy atom. The Kier molecular flexibility index (Phi) is 7.14. The number of aryl methyl sites for hydroxylation is 2. The number of ketones is 1. The number of hydrogen-bond acceptors (Lipinski definition) is 1. The molecule has 5 rings (SSSR count). The Bertz CT molecular complexity index is 939. The Hall–Kier alpha value is -1.31. The third-order valence-electron chi connectivity index (χ3n) is 9.73. The molecule has 0 heterocycles. The molecule has 0 aromatic heterocycles. The number of carbonyl (C=O) groups is 1. The first-order valence-electron chi connectivity index (χ1n) is 14.0. The molecule has 3 saturated carbocycles. The van der Waals surface area contributed by atoms with Gasteiger partial charge in [-0.3, -0.25) is 4.79 Å². The van der Waals surface area contributed by atoms with Crippen molar-refractivity contribution in [2.75, 3.05) is 0 Å². The van der Waals surface area contributed by atoms with Crippen LogP contribution in [0.1, 0.15) is 112 Å². The molecule has 2 aromatic rings. The van der Waals surface area contributed by atoms with Crippen LogP contribution in [0.25, 0.3) is 0 Å². The fraction of sp³-hybridized carbons (Fsp3) is 0.594. The molecule has 0 N–H and O–H groups in total. The van der Waals surface area contributed by atoms with Crippen LogP contribution in [0.15, 0.2) is 48.5 Å². The molecular formula is C32H40Cl2O. The maximum atomic E-state index is 13.9. The van der Waals surface area contributed by atoms with Gasteiger partial charge >= 0.3 is 0 Å². The van der Waals surface area contributed by atoms with Crippen molar-refractivity contribution in [2.45, 2.75) is 107 Å². The minimum Gasteiger partial charge on any atom is -0.298 e. The lowest BCUT2D eigenvalue weighted by molar-refractivity contribution is -0.170. The second-order valence-electron chi connectivity index (χ2n) is 11.6. The molecule has 3 aliphatic rings. The molecular weight excluding hydrogens is 471 g/mol. The predicted octanol–water partition coefficient (Wildman–Crippen LogP) is 9.34. The monoisotopic (exact) mass is 510 g/mol. The van der Waals surface area contributed by atoms with Crippen LogP contribution >= 0.6 is 23.2 Å². The van der Waals surface area contributed by atoms with Gasteiger partial charge in [0, 0.05) is 0 Å². The van der Waals surface area contributed by atoms with Crippen molar-refractivity contribution in [1.29, 1.82) is 0 Å². The van der Waals surface area contributed by atoms with Gasteiger partial charge in [-0.25, -0.2) is 0 Å². The summed E-state index contributed by atoms with van der Waals surface area (Å²) in [6.07, 6.45) is 11.9. The highest BCUT2D eigenvalue weighted by Gasteiger charge is 2.79. The summed E-state index contributed by atoms with van der Waals surface area (Å²) in [7, 11) is 0. The molecule has 35 heavy (non-hydrogen) atoms. The number of carbonyl (C=O) groups excluding carboxylic acids is 1. The quantitative estimate of drug-likeness (QED) is 0.353. The van der Waals surface area contributed by atoms with E-state index in [-0.39, 0.29) is 0 Å². The van der Waals surface area contributed by atoms with E-state index in [0.29, 0.717) is 17.6 Å². The number of alkyl halides is 2. The van der Waals surface area contributed by atoms with E-state index >= 15 is 0 Å². The number of hydrogen-bond donors (Lipinski definition) is 0. The van der Waals surface area contributed by atoms with Gasteiger partial charge in [-0.05, 0) is 98.3 Å². The Labute approximate surface area is 222 Å².